The molecule has 0 saturated heterocycles. The van der Waals surface area contributed by atoms with Crippen LogP contribution in [0.2, 0.25) is 0 Å². The van der Waals surface area contributed by atoms with Crippen LogP contribution in [0.4, 0.5) is 0 Å². The largest absolute Gasteiger partial charge is 0.508 e. The Morgan fingerprint density at radius 3 is 2.25 bits per heavy atom. The van der Waals surface area contributed by atoms with Gasteiger partial charge in [-0.3, -0.25) is 9.59 Å². The number of nitrogens with one attached hydrogen (secondary N) is 1. The Morgan fingerprint density at radius 1 is 1.20 bits per heavy atom. The number of carbonyl (C=O) groups excluding carboxylic acids is 1. The van der Waals surface area contributed by atoms with Crippen molar-refractivity contribution < 1.29 is 24.9 Å². The highest BCUT2D eigenvalue weighted by molar-refractivity contribution is 5.97. The minimum Gasteiger partial charge on any atom is -0.508 e. The molecule has 0 radical (unpaired) electrons. The highest BCUT2D eigenvalue weighted by atomic mass is 16.4. The van der Waals surface area contributed by atoms with Crippen molar-refractivity contribution >= 4 is 11.9 Å². The molecule has 0 fully saturated rings. The number of carboxylic acids is 1. The van der Waals surface area contributed by atoms with Gasteiger partial charge < -0.3 is 20.6 Å². The van der Waals surface area contributed by atoms with Crippen LogP contribution in [-0.2, 0) is 4.79 Å². The second kappa shape index (κ2) is 6.27. The number of amides is 1. The fourth-order valence-corrected chi connectivity index (χ4v) is 1.93. The molecule has 4 N–H and O–H groups in total. The topological polar surface area (TPSA) is 107 Å². The van der Waals surface area contributed by atoms with Gasteiger partial charge in [0.2, 0.25) is 0 Å². The fraction of sp³-hybridized carbons (Fsp3) is 0.429. The lowest BCUT2D eigenvalue weighted by atomic mass is 9.82. The number of aliphatic carboxylic acids is 1. The second-order valence-corrected chi connectivity index (χ2v) is 4.68. The molecular formula is C14H19NO5. The van der Waals surface area contributed by atoms with E-state index in [1.165, 1.54) is 12.1 Å². The number of carbonyl (C=O) groups is 2. The van der Waals surface area contributed by atoms with Crippen molar-refractivity contribution in [2.24, 2.45) is 5.41 Å². The van der Waals surface area contributed by atoms with Gasteiger partial charge in [0.05, 0.1) is 11.0 Å². The lowest BCUT2D eigenvalue weighted by molar-refractivity contribution is -0.149. The molecule has 0 aliphatic carbocycles. The van der Waals surface area contributed by atoms with Gasteiger partial charge in [0, 0.05) is 12.6 Å². The molecule has 1 amide bonds. The molecule has 110 valence electrons. The molecule has 0 spiro atoms. The first kappa shape index (κ1) is 15.8. The summed E-state index contributed by atoms with van der Waals surface area (Å²) < 4.78 is 0. The Balaban J connectivity index is 2.83. The Labute approximate surface area is 117 Å². The molecule has 6 heteroatoms. The van der Waals surface area contributed by atoms with Gasteiger partial charge in [-0.2, -0.15) is 0 Å². The van der Waals surface area contributed by atoms with Gasteiger partial charge in [0.15, 0.2) is 0 Å². The minimum atomic E-state index is -1.01. The molecule has 0 aliphatic rings. The molecule has 0 aliphatic heterocycles. The van der Waals surface area contributed by atoms with Crippen molar-refractivity contribution in [1.82, 2.24) is 5.32 Å². The van der Waals surface area contributed by atoms with E-state index in [4.69, 9.17) is 5.11 Å². The minimum absolute atomic E-state index is 0.00528. The molecule has 20 heavy (non-hydrogen) atoms. The van der Waals surface area contributed by atoms with Crippen molar-refractivity contribution in [3.8, 4) is 11.5 Å². The van der Waals surface area contributed by atoms with Gasteiger partial charge in [0.1, 0.15) is 11.5 Å². The quantitative estimate of drug-likeness (QED) is 0.635. The summed E-state index contributed by atoms with van der Waals surface area (Å²) in [6.07, 6.45) is 0.779. The standard InChI is InChI=1S/C14H19NO5/c1-3-14(4-2,13(19)20)8-15-12(18)10-6-5-9(16)7-11(10)17/h5-7,16-17H,3-4,8H2,1-2H3,(H,15,18)(H,19,20). The number of rotatable bonds is 6. The van der Waals surface area contributed by atoms with Gasteiger partial charge >= 0.3 is 5.97 Å². The summed E-state index contributed by atoms with van der Waals surface area (Å²) in [4.78, 5) is 23.2. The van der Waals surface area contributed by atoms with E-state index in [0.29, 0.717) is 12.8 Å². The van der Waals surface area contributed by atoms with Crippen LogP contribution in [0.15, 0.2) is 18.2 Å². The molecule has 0 unspecified atom stereocenters. The fourth-order valence-electron chi connectivity index (χ4n) is 1.93. The van der Waals surface area contributed by atoms with Crippen LogP contribution in [0.5, 0.6) is 11.5 Å². The van der Waals surface area contributed by atoms with Crippen molar-refractivity contribution in [3.63, 3.8) is 0 Å². The third kappa shape index (κ3) is 3.20. The van der Waals surface area contributed by atoms with Crippen LogP contribution in [0.3, 0.4) is 0 Å². The number of phenols is 2. The number of hydrogen-bond acceptors (Lipinski definition) is 4. The Bertz CT molecular complexity index is 508. The number of phenolic OH excluding ortho intramolecular Hbond substituents is 2. The molecule has 0 atom stereocenters. The molecule has 1 rings (SSSR count). The SMILES string of the molecule is CCC(CC)(CNC(=O)c1ccc(O)cc1O)C(=O)O. The van der Waals surface area contributed by atoms with Crippen LogP contribution in [0, 0.1) is 5.41 Å². The highest BCUT2D eigenvalue weighted by Crippen LogP contribution is 2.27. The maximum atomic E-state index is 11.9. The Morgan fingerprint density at radius 2 is 1.80 bits per heavy atom. The number of carboxylic acid groups (broad SMARTS) is 1. The van der Waals surface area contributed by atoms with E-state index in [-0.39, 0.29) is 23.6 Å². The van der Waals surface area contributed by atoms with E-state index in [0.717, 1.165) is 6.07 Å². The van der Waals surface area contributed by atoms with Crippen molar-refractivity contribution in [3.05, 3.63) is 23.8 Å². The van der Waals surface area contributed by atoms with E-state index >= 15 is 0 Å². The summed E-state index contributed by atoms with van der Waals surface area (Å²) in [5.74, 6) is -2.04. The van der Waals surface area contributed by atoms with Crippen molar-refractivity contribution in [1.29, 1.82) is 0 Å². The van der Waals surface area contributed by atoms with Gasteiger partial charge in [-0.05, 0) is 25.0 Å². The number of hydrogen-bond donors (Lipinski definition) is 4. The summed E-state index contributed by atoms with van der Waals surface area (Å²) in [5, 5.41) is 30.5. The lowest BCUT2D eigenvalue weighted by Gasteiger charge is -2.26. The summed E-state index contributed by atoms with van der Waals surface area (Å²) in [5.41, 5.74) is -1.02. The van der Waals surface area contributed by atoms with Crippen LogP contribution < -0.4 is 5.32 Å². The zero-order valence-electron chi connectivity index (χ0n) is 11.5. The van der Waals surface area contributed by atoms with E-state index in [1.807, 2.05) is 0 Å². The zero-order valence-corrected chi connectivity index (χ0v) is 11.5. The first-order valence-electron chi connectivity index (χ1n) is 6.40. The van der Waals surface area contributed by atoms with Crippen LogP contribution in [-0.4, -0.2) is 33.7 Å². The van der Waals surface area contributed by atoms with Gasteiger partial charge in [-0.1, -0.05) is 13.8 Å². The number of benzene rings is 1. The molecule has 0 bridgehead atoms. The molecule has 1 aromatic carbocycles. The predicted molar refractivity (Wildman–Crippen MR) is 72.8 cm³/mol. The summed E-state index contributed by atoms with van der Waals surface area (Å²) in [7, 11) is 0. The van der Waals surface area contributed by atoms with Gasteiger partial charge in [-0.25, -0.2) is 0 Å². The van der Waals surface area contributed by atoms with Crippen molar-refractivity contribution in [2.75, 3.05) is 6.54 Å². The zero-order chi connectivity index (χ0) is 15.3. The molecular weight excluding hydrogens is 262 g/mol. The first-order valence-corrected chi connectivity index (χ1v) is 6.40. The van der Waals surface area contributed by atoms with Gasteiger partial charge in [0.25, 0.3) is 5.91 Å². The highest BCUT2D eigenvalue weighted by Gasteiger charge is 2.35. The number of aromatic hydroxyl groups is 2. The molecule has 0 aromatic heterocycles. The van der Waals surface area contributed by atoms with Crippen LogP contribution in [0.25, 0.3) is 0 Å². The summed E-state index contributed by atoms with van der Waals surface area (Å²) >= 11 is 0. The van der Waals surface area contributed by atoms with E-state index in [2.05, 4.69) is 5.32 Å². The van der Waals surface area contributed by atoms with E-state index < -0.39 is 17.3 Å². The molecule has 0 heterocycles. The van der Waals surface area contributed by atoms with Crippen LogP contribution in [0.1, 0.15) is 37.0 Å². The monoisotopic (exact) mass is 281 g/mol. The maximum absolute atomic E-state index is 11.9. The lowest BCUT2D eigenvalue weighted by Crippen LogP contribution is -2.42. The van der Waals surface area contributed by atoms with Crippen molar-refractivity contribution in [2.45, 2.75) is 26.7 Å². The average molecular weight is 281 g/mol. The smallest absolute Gasteiger partial charge is 0.311 e. The average Bonchev–Trinajstić information content (AvgIpc) is 2.39. The summed E-state index contributed by atoms with van der Waals surface area (Å²) in [6, 6.07) is 3.61. The predicted octanol–water partition coefficient (Wildman–Crippen LogP) is 1.72. The van der Waals surface area contributed by atoms with Gasteiger partial charge in [-0.15, -0.1) is 0 Å². The third-order valence-electron chi connectivity index (χ3n) is 3.62. The third-order valence-corrected chi connectivity index (χ3v) is 3.62. The first-order chi connectivity index (χ1) is 9.36. The normalized spacial score (nSPS) is 11.1. The maximum Gasteiger partial charge on any atom is 0.311 e. The Kier molecular flexibility index (Phi) is 4.96. The van der Waals surface area contributed by atoms with E-state index in [9.17, 15) is 19.8 Å². The Hall–Kier alpha value is -2.24. The molecule has 6 nitrogen and oxygen atoms in total. The molecule has 1 aromatic rings. The molecule has 0 saturated carbocycles. The second-order valence-electron chi connectivity index (χ2n) is 4.68. The summed E-state index contributed by atoms with van der Waals surface area (Å²) in [6.45, 7) is 3.48. The van der Waals surface area contributed by atoms with E-state index in [1.54, 1.807) is 13.8 Å². The van der Waals surface area contributed by atoms with Crippen LogP contribution >= 0.6 is 0 Å².